The highest BCUT2D eigenvalue weighted by Crippen LogP contribution is 2.33. The molecule has 7 heteroatoms. The Kier molecular flexibility index (Phi) is 5.60. The third-order valence-corrected chi connectivity index (χ3v) is 4.72. The van der Waals surface area contributed by atoms with Crippen LogP contribution in [0.1, 0.15) is 32.4 Å². The Bertz CT molecular complexity index is 491. The van der Waals surface area contributed by atoms with Crippen LogP contribution < -0.4 is 10.2 Å². The number of anilines is 1. The van der Waals surface area contributed by atoms with Gasteiger partial charge in [-0.1, -0.05) is 0 Å². The number of piperazine rings is 1. The highest BCUT2D eigenvalue weighted by atomic mass is 35.5. The van der Waals surface area contributed by atoms with Crippen molar-refractivity contribution in [1.29, 1.82) is 0 Å². The maximum atomic E-state index is 11.7. The predicted octanol–water partition coefficient (Wildman–Crippen LogP) is 1.87. The Morgan fingerprint density at radius 2 is 2.33 bits per heavy atom. The van der Waals surface area contributed by atoms with Gasteiger partial charge in [0.05, 0.1) is 5.69 Å². The monoisotopic (exact) mass is 330 g/mol. The quantitative estimate of drug-likeness (QED) is 0.915. The molecule has 2 aliphatic rings. The minimum absolute atomic E-state index is 0. The number of amides is 1. The van der Waals surface area contributed by atoms with Gasteiger partial charge in [-0.3, -0.25) is 14.6 Å². The van der Waals surface area contributed by atoms with Crippen LogP contribution in [0, 0.1) is 0 Å². The van der Waals surface area contributed by atoms with Crippen LogP contribution in [0.15, 0.2) is 5.38 Å². The van der Waals surface area contributed by atoms with Gasteiger partial charge < -0.3 is 5.32 Å². The molecular formula is C14H23ClN4OS. The van der Waals surface area contributed by atoms with E-state index in [1.807, 2.05) is 4.90 Å². The summed E-state index contributed by atoms with van der Waals surface area (Å²) >= 11 is 1.60. The van der Waals surface area contributed by atoms with E-state index in [0.717, 1.165) is 49.8 Å². The lowest BCUT2D eigenvalue weighted by atomic mass is 10.2. The fourth-order valence-corrected chi connectivity index (χ4v) is 3.68. The summed E-state index contributed by atoms with van der Waals surface area (Å²) < 4.78 is 0. The molecule has 1 unspecified atom stereocenters. The zero-order chi connectivity index (χ0) is 14.1. The zero-order valence-electron chi connectivity index (χ0n) is 12.5. The van der Waals surface area contributed by atoms with Gasteiger partial charge in [-0.25, -0.2) is 4.98 Å². The minimum Gasteiger partial charge on any atom is -0.312 e. The van der Waals surface area contributed by atoms with Crippen LogP contribution >= 0.6 is 23.7 Å². The normalized spacial score (nSPS) is 22.7. The van der Waals surface area contributed by atoms with E-state index in [4.69, 9.17) is 0 Å². The van der Waals surface area contributed by atoms with Crippen LogP contribution in [0.4, 0.5) is 5.13 Å². The number of rotatable bonds is 4. The van der Waals surface area contributed by atoms with Gasteiger partial charge in [0.15, 0.2) is 5.13 Å². The average molecular weight is 331 g/mol. The van der Waals surface area contributed by atoms with Gasteiger partial charge in [0.2, 0.25) is 5.91 Å². The van der Waals surface area contributed by atoms with Crippen LogP contribution in [0.25, 0.3) is 0 Å². The number of aromatic nitrogens is 1. The molecule has 0 bridgehead atoms. The van der Waals surface area contributed by atoms with Gasteiger partial charge in [-0.15, -0.1) is 23.7 Å². The molecule has 2 fully saturated rings. The first-order valence-corrected chi connectivity index (χ1v) is 8.21. The number of hydrogen-bond acceptors (Lipinski definition) is 5. The van der Waals surface area contributed by atoms with Crippen LogP contribution in [0.3, 0.4) is 0 Å². The number of nitrogens with one attached hydrogen (secondary N) is 1. The van der Waals surface area contributed by atoms with Gasteiger partial charge in [-0.2, -0.15) is 0 Å². The van der Waals surface area contributed by atoms with Crippen LogP contribution in [0.2, 0.25) is 0 Å². The third kappa shape index (κ3) is 4.16. The molecule has 1 aromatic heterocycles. The fraction of sp³-hybridized carbons (Fsp3) is 0.714. The first-order valence-electron chi connectivity index (χ1n) is 7.33. The summed E-state index contributed by atoms with van der Waals surface area (Å²) in [4.78, 5) is 20.7. The molecule has 0 spiro atoms. The van der Waals surface area contributed by atoms with Crippen LogP contribution in [-0.4, -0.2) is 47.5 Å². The Labute approximate surface area is 136 Å². The van der Waals surface area contributed by atoms with Crippen molar-refractivity contribution >= 4 is 34.8 Å². The summed E-state index contributed by atoms with van der Waals surface area (Å²) in [5, 5.41) is 6.42. The van der Waals surface area contributed by atoms with Gasteiger partial charge in [0.25, 0.3) is 0 Å². The van der Waals surface area contributed by atoms with Crippen molar-refractivity contribution in [2.45, 2.75) is 45.3 Å². The molecule has 1 N–H and O–H groups in total. The predicted molar refractivity (Wildman–Crippen MR) is 88.3 cm³/mol. The molecule has 2 heterocycles. The smallest absolute Gasteiger partial charge is 0.225 e. The van der Waals surface area contributed by atoms with Crippen molar-refractivity contribution in [3.05, 3.63) is 11.1 Å². The standard InChI is InChI=1S/C14H22N4OS.ClH/c1-10-7-17(6-5-15-10)8-12-9-20-14(16-12)18(11(2)19)13-3-4-13;/h9-10,13,15H,3-8H2,1-2H3;1H. The van der Waals surface area contributed by atoms with E-state index in [2.05, 4.69) is 27.5 Å². The Morgan fingerprint density at radius 1 is 1.57 bits per heavy atom. The molecule has 0 radical (unpaired) electrons. The maximum Gasteiger partial charge on any atom is 0.225 e. The Hall–Kier alpha value is -0.690. The summed E-state index contributed by atoms with van der Waals surface area (Å²) in [5.74, 6) is 0.115. The SMILES string of the molecule is CC(=O)N(c1nc(CN2CCNC(C)C2)cs1)C1CC1.Cl. The summed E-state index contributed by atoms with van der Waals surface area (Å²) in [6, 6.07) is 0.938. The molecule has 0 aromatic carbocycles. The van der Waals surface area contributed by atoms with E-state index in [1.165, 1.54) is 0 Å². The van der Waals surface area contributed by atoms with Gasteiger partial charge in [0.1, 0.15) is 0 Å². The molecule has 1 aromatic rings. The summed E-state index contributed by atoms with van der Waals surface area (Å²) in [6.45, 7) is 7.90. The number of halogens is 1. The van der Waals surface area contributed by atoms with E-state index >= 15 is 0 Å². The fourth-order valence-electron chi connectivity index (χ4n) is 2.75. The lowest BCUT2D eigenvalue weighted by Gasteiger charge is -2.31. The van der Waals surface area contributed by atoms with E-state index in [-0.39, 0.29) is 18.3 Å². The zero-order valence-corrected chi connectivity index (χ0v) is 14.2. The number of nitrogens with zero attached hydrogens (tertiary/aromatic N) is 3. The molecule has 3 rings (SSSR count). The average Bonchev–Trinajstić information content (AvgIpc) is 3.10. The largest absolute Gasteiger partial charge is 0.312 e. The molecule has 1 aliphatic heterocycles. The van der Waals surface area contributed by atoms with Crippen molar-refractivity contribution in [3.63, 3.8) is 0 Å². The number of carbonyl (C=O) groups is 1. The molecule has 1 atom stereocenters. The van der Waals surface area contributed by atoms with Crippen molar-refractivity contribution < 1.29 is 4.79 Å². The number of carbonyl (C=O) groups excluding carboxylic acids is 1. The second-order valence-electron chi connectivity index (χ2n) is 5.83. The summed E-state index contributed by atoms with van der Waals surface area (Å²) in [6.07, 6.45) is 2.23. The molecule has 1 aliphatic carbocycles. The second kappa shape index (κ2) is 7.05. The third-order valence-electron chi connectivity index (χ3n) is 3.84. The van der Waals surface area contributed by atoms with Crippen LogP contribution in [-0.2, 0) is 11.3 Å². The highest BCUT2D eigenvalue weighted by Gasteiger charge is 2.33. The van der Waals surface area contributed by atoms with Gasteiger partial charge >= 0.3 is 0 Å². The van der Waals surface area contributed by atoms with E-state index in [1.54, 1.807) is 18.3 Å². The Morgan fingerprint density at radius 3 is 2.95 bits per heavy atom. The van der Waals surface area contributed by atoms with E-state index in [9.17, 15) is 4.79 Å². The molecule has 21 heavy (non-hydrogen) atoms. The van der Waals surface area contributed by atoms with Crippen molar-refractivity contribution in [1.82, 2.24) is 15.2 Å². The molecule has 1 saturated carbocycles. The second-order valence-corrected chi connectivity index (χ2v) is 6.67. The Balaban J connectivity index is 0.00000161. The van der Waals surface area contributed by atoms with Crippen molar-refractivity contribution in [2.24, 2.45) is 0 Å². The summed E-state index contributed by atoms with van der Waals surface area (Å²) in [7, 11) is 0. The first-order chi connectivity index (χ1) is 9.63. The van der Waals surface area contributed by atoms with Crippen LogP contribution in [0.5, 0.6) is 0 Å². The van der Waals surface area contributed by atoms with Gasteiger partial charge in [0, 0.05) is 50.6 Å². The lowest BCUT2D eigenvalue weighted by molar-refractivity contribution is -0.116. The van der Waals surface area contributed by atoms with E-state index < -0.39 is 0 Å². The minimum atomic E-state index is 0. The number of hydrogen-bond donors (Lipinski definition) is 1. The van der Waals surface area contributed by atoms with E-state index in [0.29, 0.717) is 12.1 Å². The lowest BCUT2D eigenvalue weighted by Crippen LogP contribution is -2.48. The maximum absolute atomic E-state index is 11.7. The first kappa shape index (κ1) is 16.7. The molecule has 118 valence electrons. The number of thiazole rings is 1. The highest BCUT2D eigenvalue weighted by molar-refractivity contribution is 7.14. The van der Waals surface area contributed by atoms with Crippen molar-refractivity contribution in [2.75, 3.05) is 24.5 Å². The van der Waals surface area contributed by atoms with Crippen molar-refractivity contribution in [3.8, 4) is 0 Å². The molecule has 5 nitrogen and oxygen atoms in total. The molecular weight excluding hydrogens is 308 g/mol. The molecule has 1 amide bonds. The van der Waals surface area contributed by atoms with Gasteiger partial charge in [-0.05, 0) is 19.8 Å². The summed E-state index contributed by atoms with van der Waals surface area (Å²) in [5.41, 5.74) is 1.09. The molecule has 1 saturated heterocycles. The topological polar surface area (TPSA) is 48.5 Å².